The van der Waals surface area contributed by atoms with Gasteiger partial charge in [-0.3, -0.25) is 29.5 Å². The highest BCUT2D eigenvalue weighted by molar-refractivity contribution is 6.27. The molecule has 0 aliphatic carbocycles. The first-order valence-electron chi connectivity index (χ1n) is 16.0. The molecule has 0 bridgehead atoms. The highest BCUT2D eigenvalue weighted by Crippen LogP contribution is 2.41. The van der Waals surface area contributed by atoms with Gasteiger partial charge in [0.05, 0.1) is 17.3 Å². The summed E-state index contributed by atoms with van der Waals surface area (Å²) in [6.45, 7) is 7.27. The van der Waals surface area contributed by atoms with Crippen LogP contribution in [0.3, 0.4) is 0 Å². The first-order chi connectivity index (χ1) is 22.8. The molecule has 3 amide bonds. The molecule has 3 heterocycles. The number of carbonyl (C=O) groups excluding carboxylic acids is 3. The van der Waals surface area contributed by atoms with Crippen molar-refractivity contribution in [3.8, 4) is 11.8 Å². The van der Waals surface area contributed by atoms with Gasteiger partial charge in [-0.15, -0.1) is 0 Å². The first kappa shape index (κ1) is 31.7. The van der Waals surface area contributed by atoms with Crippen LogP contribution in [-0.4, -0.2) is 59.9 Å². The number of phenols is 1. The summed E-state index contributed by atoms with van der Waals surface area (Å²) in [5.41, 5.74) is 4.88. The molecule has 0 saturated carbocycles. The molecule has 0 radical (unpaired) electrons. The maximum Gasteiger partial charge on any atom is 0.259 e. The molecule has 240 valence electrons. The number of hydrogen-bond acceptors (Lipinski definition) is 7. The number of carbonyl (C=O) groups is 3. The quantitative estimate of drug-likeness (QED) is 0.278. The number of amides is 3. The van der Waals surface area contributed by atoms with E-state index in [0.29, 0.717) is 50.3 Å². The van der Waals surface area contributed by atoms with Gasteiger partial charge in [0.15, 0.2) is 5.82 Å². The standard InChI is InChI=1S/C35H30FN5O4.C2H6/c36-27-17-23(19-37)18-30(42)33(27)40-14-12-39(13-15-40)20-22-6-4-21(5-7-22)16-24-8-9-28-32-25(24)2-1-3-26(32)35(45)41(28)29-10-11-31(43)38-34(29)44;1-2/h1-9,17-18,29,42H,10-16,20H2,(H,38,43,44);1-2H3. The summed E-state index contributed by atoms with van der Waals surface area (Å²) >= 11 is 0. The summed E-state index contributed by atoms with van der Waals surface area (Å²) in [5, 5.41) is 23.5. The maximum absolute atomic E-state index is 14.6. The van der Waals surface area contributed by atoms with Crippen molar-refractivity contribution in [3.63, 3.8) is 0 Å². The van der Waals surface area contributed by atoms with E-state index in [-0.39, 0.29) is 35.2 Å². The third-order valence-corrected chi connectivity index (χ3v) is 9.02. The summed E-state index contributed by atoms with van der Waals surface area (Å²) in [6.07, 6.45) is 1.17. The molecule has 4 aromatic carbocycles. The average Bonchev–Trinajstić information content (AvgIpc) is 3.36. The van der Waals surface area contributed by atoms with Gasteiger partial charge < -0.3 is 10.0 Å². The van der Waals surface area contributed by atoms with Crippen LogP contribution in [-0.2, 0) is 22.6 Å². The number of hydrogen-bond donors (Lipinski definition) is 2. The Morgan fingerprint density at radius 2 is 1.68 bits per heavy atom. The number of phenolic OH excluding ortho intramolecular Hbond substituents is 1. The molecule has 10 heteroatoms. The van der Waals surface area contributed by atoms with Gasteiger partial charge in [0.1, 0.15) is 17.5 Å². The molecule has 2 fully saturated rings. The van der Waals surface area contributed by atoms with Crippen LogP contribution < -0.4 is 15.1 Å². The van der Waals surface area contributed by atoms with E-state index in [1.165, 1.54) is 6.07 Å². The van der Waals surface area contributed by atoms with Crippen LogP contribution in [0.4, 0.5) is 15.8 Å². The molecular formula is C37H36FN5O4. The number of halogens is 1. The molecule has 7 rings (SSSR count). The molecule has 2 N–H and O–H groups in total. The van der Waals surface area contributed by atoms with Crippen molar-refractivity contribution in [1.82, 2.24) is 10.2 Å². The monoisotopic (exact) mass is 633 g/mol. The Hall–Kier alpha value is -5.27. The number of nitrogens with zero attached hydrogens (tertiary/aromatic N) is 4. The number of rotatable bonds is 6. The van der Waals surface area contributed by atoms with Crippen LogP contribution in [0.1, 0.15) is 59.3 Å². The Kier molecular flexibility index (Phi) is 8.92. The lowest BCUT2D eigenvalue weighted by molar-refractivity contribution is -0.134. The van der Waals surface area contributed by atoms with Crippen molar-refractivity contribution in [2.45, 2.75) is 45.7 Å². The van der Waals surface area contributed by atoms with E-state index in [9.17, 15) is 23.9 Å². The van der Waals surface area contributed by atoms with Gasteiger partial charge in [0, 0.05) is 56.2 Å². The number of piperidine rings is 1. The molecule has 1 atom stereocenters. The highest BCUT2D eigenvalue weighted by atomic mass is 19.1. The Balaban J connectivity index is 0.00000190. The van der Waals surface area contributed by atoms with Gasteiger partial charge in [0.2, 0.25) is 11.8 Å². The first-order valence-corrected chi connectivity index (χ1v) is 16.0. The van der Waals surface area contributed by atoms with E-state index < -0.39 is 17.8 Å². The summed E-state index contributed by atoms with van der Waals surface area (Å²) in [7, 11) is 0. The molecule has 3 aliphatic rings. The fourth-order valence-electron chi connectivity index (χ4n) is 6.79. The molecule has 3 aliphatic heterocycles. The Labute approximate surface area is 272 Å². The van der Waals surface area contributed by atoms with E-state index >= 15 is 0 Å². The minimum Gasteiger partial charge on any atom is -0.506 e. The van der Waals surface area contributed by atoms with E-state index in [0.717, 1.165) is 40.1 Å². The predicted octanol–water partition coefficient (Wildman–Crippen LogP) is 5.26. The minimum atomic E-state index is -0.712. The van der Waals surface area contributed by atoms with Crippen LogP contribution in [0.5, 0.6) is 5.75 Å². The molecule has 0 spiro atoms. The van der Waals surface area contributed by atoms with Crippen molar-refractivity contribution in [2.75, 3.05) is 36.0 Å². The zero-order chi connectivity index (χ0) is 33.2. The van der Waals surface area contributed by atoms with Crippen molar-refractivity contribution < 1.29 is 23.9 Å². The van der Waals surface area contributed by atoms with E-state index in [1.54, 1.807) is 11.0 Å². The van der Waals surface area contributed by atoms with Crippen LogP contribution >= 0.6 is 0 Å². The van der Waals surface area contributed by atoms with Crippen molar-refractivity contribution >= 4 is 39.9 Å². The molecule has 4 aromatic rings. The van der Waals surface area contributed by atoms with Gasteiger partial charge in [-0.25, -0.2) is 4.39 Å². The second-order valence-corrected chi connectivity index (χ2v) is 11.8. The third kappa shape index (κ3) is 6.02. The van der Waals surface area contributed by atoms with Gasteiger partial charge >= 0.3 is 0 Å². The molecule has 1 unspecified atom stereocenters. The third-order valence-electron chi connectivity index (χ3n) is 9.02. The van der Waals surface area contributed by atoms with Crippen molar-refractivity contribution in [3.05, 3.63) is 100 Å². The number of nitrogens with one attached hydrogen (secondary N) is 1. The highest BCUT2D eigenvalue weighted by Gasteiger charge is 2.40. The van der Waals surface area contributed by atoms with Crippen LogP contribution in [0.2, 0.25) is 0 Å². The number of aromatic hydroxyl groups is 1. The molecule has 47 heavy (non-hydrogen) atoms. The number of benzene rings is 4. The van der Waals surface area contributed by atoms with Gasteiger partial charge in [-0.2, -0.15) is 5.26 Å². The average molecular weight is 634 g/mol. The summed E-state index contributed by atoms with van der Waals surface area (Å²) < 4.78 is 14.6. The molecule has 9 nitrogen and oxygen atoms in total. The van der Waals surface area contributed by atoms with Crippen LogP contribution in [0.15, 0.2) is 66.7 Å². The lowest BCUT2D eigenvalue weighted by Gasteiger charge is -2.36. The number of nitriles is 1. The van der Waals surface area contributed by atoms with Gasteiger partial charge in [0.25, 0.3) is 5.91 Å². The SMILES string of the molecule is CC.N#Cc1cc(O)c(N2CCN(Cc3ccc(Cc4ccc5c6c(cccc46)C(=O)N5C4CCC(=O)NC4=O)cc3)CC2)c(F)c1. The smallest absolute Gasteiger partial charge is 0.259 e. The van der Waals surface area contributed by atoms with Gasteiger partial charge in [-0.1, -0.05) is 56.3 Å². The fraction of sp³-hybridized carbons (Fsp3) is 0.297. The lowest BCUT2D eigenvalue weighted by Crippen LogP contribution is -2.53. The Morgan fingerprint density at radius 1 is 0.957 bits per heavy atom. The van der Waals surface area contributed by atoms with Crippen molar-refractivity contribution in [2.24, 2.45) is 0 Å². The number of imide groups is 1. The summed E-state index contributed by atoms with van der Waals surface area (Å²) in [4.78, 5) is 43.4. The normalized spacial score (nSPS) is 17.7. The largest absolute Gasteiger partial charge is 0.506 e. The van der Waals surface area contributed by atoms with Crippen LogP contribution in [0, 0.1) is 17.1 Å². The van der Waals surface area contributed by atoms with E-state index in [4.69, 9.17) is 5.26 Å². The maximum atomic E-state index is 14.6. The number of piperazine rings is 1. The zero-order valence-corrected chi connectivity index (χ0v) is 26.4. The number of anilines is 2. The summed E-state index contributed by atoms with van der Waals surface area (Å²) in [6, 6.07) is 21.7. The fourth-order valence-corrected chi connectivity index (χ4v) is 6.79. The van der Waals surface area contributed by atoms with Crippen molar-refractivity contribution in [1.29, 1.82) is 5.26 Å². The topological polar surface area (TPSA) is 117 Å². The molecule has 2 saturated heterocycles. The second kappa shape index (κ2) is 13.2. The van der Waals surface area contributed by atoms with E-state index in [2.05, 4.69) is 34.5 Å². The zero-order valence-electron chi connectivity index (χ0n) is 26.4. The van der Waals surface area contributed by atoms with Crippen LogP contribution in [0.25, 0.3) is 10.8 Å². The minimum absolute atomic E-state index is 0.0935. The second-order valence-electron chi connectivity index (χ2n) is 11.8. The Morgan fingerprint density at radius 3 is 2.36 bits per heavy atom. The lowest BCUT2D eigenvalue weighted by atomic mass is 9.95. The Bertz CT molecular complexity index is 1890. The van der Waals surface area contributed by atoms with Gasteiger partial charge in [-0.05, 0) is 53.1 Å². The molecular weight excluding hydrogens is 597 g/mol. The van der Waals surface area contributed by atoms with E-state index in [1.807, 2.05) is 49.1 Å². The molecule has 0 aromatic heterocycles. The summed E-state index contributed by atoms with van der Waals surface area (Å²) in [5.74, 6) is -1.77. The predicted molar refractivity (Wildman–Crippen MR) is 178 cm³/mol.